The Kier molecular flexibility index (Phi) is 9.95. The van der Waals surface area contributed by atoms with E-state index in [0.717, 1.165) is 29.5 Å². The van der Waals surface area contributed by atoms with Crippen LogP contribution in [0.15, 0.2) is 78.4 Å². The minimum atomic E-state index is -1.16. The summed E-state index contributed by atoms with van der Waals surface area (Å²) in [5, 5.41) is 26.1. The molecule has 2 aliphatic rings. The summed E-state index contributed by atoms with van der Waals surface area (Å²) >= 11 is 0. The molecule has 0 spiro atoms. The number of hydrogen-bond acceptors (Lipinski definition) is 5. The molecule has 0 bridgehead atoms. The van der Waals surface area contributed by atoms with Crippen molar-refractivity contribution in [3.05, 3.63) is 95.1 Å². The van der Waals surface area contributed by atoms with Gasteiger partial charge in [-0.15, -0.1) is 0 Å². The summed E-state index contributed by atoms with van der Waals surface area (Å²) in [7, 11) is 0. The van der Waals surface area contributed by atoms with E-state index in [1.165, 1.54) is 0 Å². The van der Waals surface area contributed by atoms with Crippen molar-refractivity contribution in [2.45, 2.75) is 64.2 Å². The topological polar surface area (TPSA) is 116 Å². The number of hydrogen-bond donors (Lipinski definition) is 4. The number of nitrogens with zero attached hydrogens (tertiary/aromatic N) is 1. The van der Waals surface area contributed by atoms with Gasteiger partial charge >= 0.3 is 0 Å². The second kappa shape index (κ2) is 13.4. The number of allylic oxidation sites excluding steroid dienone is 2. The zero-order chi connectivity index (χ0) is 28.7. The van der Waals surface area contributed by atoms with Crippen molar-refractivity contribution in [1.82, 2.24) is 10.2 Å². The largest absolute Gasteiger partial charge is 0.391 e. The van der Waals surface area contributed by atoms with E-state index in [1.807, 2.05) is 79.4 Å². The summed E-state index contributed by atoms with van der Waals surface area (Å²) in [5.74, 6) is -1.21. The van der Waals surface area contributed by atoms with Gasteiger partial charge in [-0.05, 0) is 42.4 Å². The highest BCUT2D eigenvalue weighted by molar-refractivity contribution is 5.95. The maximum atomic E-state index is 14.5. The molecule has 5 atom stereocenters. The fourth-order valence-corrected chi connectivity index (χ4v) is 6.39. The van der Waals surface area contributed by atoms with E-state index in [9.17, 15) is 19.8 Å². The standard InChI is InChI=1S/C33H43N3O4/c1-3-17-36(18-4-2)32(40)33(16-10-14-25(21-33)31(34)39)27(19-23-11-6-5-7-12-23)29(38)22-35-30-26-15-9-8-13-24(26)20-28(30)37/h5-16,27-30,35,37-38H,3-4,17-22H2,1-2H3,(H2,34,39)/t27-,28-,29+,30+,33?/m1/s1. The number of aliphatic hydroxyl groups excluding tert-OH is 2. The van der Waals surface area contributed by atoms with Crippen LogP contribution in [0.4, 0.5) is 0 Å². The number of amides is 2. The molecule has 214 valence electrons. The Morgan fingerprint density at radius 1 is 1.07 bits per heavy atom. The molecule has 0 aromatic heterocycles. The van der Waals surface area contributed by atoms with E-state index in [2.05, 4.69) is 5.32 Å². The van der Waals surface area contributed by atoms with E-state index in [4.69, 9.17) is 5.73 Å². The third-order valence-electron chi connectivity index (χ3n) is 8.34. The van der Waals surface area contributed by atoms with Crippen molar-refractivity contribution in [2.75, 3.05) is 19.6 Å². The van der Waals surface area contributed by atoms with Crippen LogP contribution in [-0.4, -0.2) is 58.8 Å². The van der Waals surface area contributed by atoms with Gasteiger partial charge in [-0.2, -0.15) is 0 Å². The number of fused-ring (bicyclic) bond motifs is 1. The van der Waals surface area contributed by atoms with Crippen LogP contribution in [0, 0.1) is 11.3 Å². The lowest BCUT2D eigenvalue weighted by Gasteiger charge is -2.44. The number of aliphatic hydroxyl groups is 2. The number of carbonyl (C=O) groups is 2. The Labute approximate surface area is 237 Å². The molecule has 0 heterocycles. The van der Waals surface area contributed by atoms with E-state index >= 15 is 0 Å². The Hall–Kier alpha value is -3.26. The van der Waals surface area contributed by atoms with Crippen LogP contribution < -0.4 is 11.1 Å². The molecule has 2 aliphatic carbocycles. The predicted molar refractivity (Wildman–Crippen MR) is 157 cm³/mol. The second-order valence-electron chi connectivity index (χ2n) is 11.1. The van der Waals surface area contributed by atoms with Crippen LogP contribution in [0.2, 0.25) is 0 Å². The molecule has 2 aromatic carbocycles. The molecule has 40 heavy (non-hydrogen) atoms. The molecule has 1 unspecified atom stereocenters. The first-order chi connectivity index (χ1) is 19.3. The normalized spacial score (nSPS) is 23.2. The Morgan fingerprint density at radius 2 is 1.75 bits per heavy atom. The molecule has 4 rings (SSSR count). The summed E-state index contributed by atoms with van der Waals surface area (Å²) in [6, 6.07) is 17.5. The van der Waals surface area contributed by atoms with Gasteiger partial charge in [0.15, 0.2) is 0 Å². The van der Waals surface area contributed by atoms with Gasteiger partial charge in [0.2, 0.25) is 11.8 Å². The fraction of sp³-hybridized carbons (Fsp3) is 0.455. The minimum absolute atomic E-state index is 0.0921. The molecule has 0 aliphatic heterocycles. The molecule has 0 fully saturated rings. The summed E-state index contributed by atoms with van der Waals surface area (Å²) in [6.45, 7) is 5.44. The van der Waals surface area contributed by atoms with Crippen LogP contribution in [0.25, 0.3) is 0 Å². The lowest BCUT2D eigenvalue weighted by molar-refractivity contribution is -0.145. The van der Waals surface area contributed by atoms with Gasteiger partial charge in [-0.1, -0.05) is 86.7 Å². The SMILES string of the molecule is CCCN(CCC)C(=O)C1([C@H](Cc2ccccc2)[C@@H](O)CN[C@H]2c3ccccc3C[C@H]2O)C=CC=C(C(N)=O)C1. The number of benzene rings is 2. The summed E-state index contributed by atoms with van der Waals surface area (Å²) < 4.78 is 0. The molecule has 2 aromatic rings. The first-order valence-electron chi connectivity index (χ1n) is 14.5. The molecule has 7 heteroatoms. The summed E-state index contributed by atoms with van der Waals surface area (Å²) in [4.78, 5) is 28.8. The average Bonchev–Trinajstić information content (AvgIpc) is 3.29. The highest BCUT2D eigenvalue weighted by Gasteiger charge is 2.50. The van der Waals surface area contributed by atoms with Gasteiger partial charge in [-0.3, -0.25) is 9.59 Å². The third kappa shape index (κ3) is 6.38. The molecular formula is C33H43N3O4. The molecule has 2 amide bonds. The highest BCUT2D eigenvalue weighted by Crippen LogP contribution is 2.44. The second-order valence-corrected chi connectivity index (χ2v) is 11.1. The van der Waals surface area contributed by atoms with Crippen molar-refractivity contribution in [1.29, 1.82) is 0 Å². The van der Waals surface area contributed by atoms with Crippen molar-refractivity contribution < 1.29 is 19.8 Å². The molecule has 0 radical (unpaired) electrons. The lowest BCUT2D eigenvalue weighted by atomic mass is 9.63. The fourth-order valence-electron chi connectivity index (χ4n) is 6.39. The van der Waals surface area contributed by atoms with Gasteiger partial charge in [0, 0.05) is 37.5 Å². The summed E-state index contributed by atoms with van der Waals surface area (Å²) in [6.07, 6.45) is 6.46. The number of nitrogens with one attached hydrogen (secondary N) is 1. The zero-order valence-electron chi connectivity index (χ0n) is 23.6. The Balaban J connectivity index is 1.71. The lowest BCUT2D eigenvalue weighted by Crippen LogP contribution is -2.54. The number of rotatable bonds is 13. The van der Waals surface area contributed by atoms with E-state index in [0.29, 0.717) is 31.5 Å². The van der Waals surface area contributed by atoms with Crippen molar-refractivity contribution in [2.24, 2.45) is 17.1 Å². The maximum absolute atomic E-state index is 14.5. The number of nitrogens with two attached hydrogens (primary N) is 1. The van der Waals surface area contributed by atoms with Crippen LogP contribution >= 0.6 is 0 Å². The van der Waals surface area contributed by atoms with Crippen LogP contribution in [0.3, 0.4) is 0 Å². The first-order valence-corrected chi connectivity index (χ1v) is 14.5. The summed E-state index contributed by atoms with van der Waals surface area (Å²) in [5.41, 5.74) is 8.07. The maximum Gasteiger partial charge on any atom is 0.244 e. The van der Waals surface area contributed by atoms with Crippen molar-refractivity contribution in [3.63, 3.8) is 0 Å². The van der Waals surface area contributed by atoms with Crippen molar-refractivity contribution >= 4 is 11.8 Å². The molecular weight excluding hydrogens is 502 g/mol. The predicted octanol–water partition coefficient (Wildman–Crippen LogP) is 3.46. The van der Waals surface area contributed by atoms with E-state index in [-0.39, 0.29) is 24.9 Å². The van der Waals surface area contributed by atoms with Crippen LogP contribution in [0.5, 0.6) is 0 Å². The molecule has 0 saturated heterocycles. The Morgan fingerprint density at radius 3 is 2.42 bits per heavy atom. The minimum Gasteiger partial charge on any atom is -0.391 e. The zero-order valence-corrected chi connectivity index (χ0v) is 23.6. The molecule has 5 N–H and O–H groups in total. The number of primary amides is 1. The first kappa shape index (κ1) is 29.7. The monoisotopic (exact) mass is 545 g/mol. The van der Waals surface area contributed by atoms with Crippen LogP contribution in [-0.2, 0) is 22.4 Å². The third-order valence-corrected chi connectivity index (χ3v) is 8.34. The van der Waals surface area contributed by atoms with Crippen molar-refractivity contribution in [3.8, 4) is 0 Å². The number of carbonyl (C=O) groups excluding carboxylic acids is 2. The van der Waals surface area contributed by atoms with Gasteiger partial charge in [0.1, 0.15) is 0 Å². The van der Waals surface area contributed by atoms with Crippen LogP contribution in [0.1, 0.15) is 55.8 Å². The average molecular weight is 546 g/mol. The van der Waals surface area contributed by atoms with Gasteiger partial charge in [-0.25, -0.2) is 0 Å². The molecule has 7 nitrogen and oxygen atoms in total. The van der Waals surface area contributed by atoms with Gasteiger partial charge in [0.25, 0.3) is 0 Å². The van der Waals surface area contributed by atoms with E-state index < -0.39 is 29.4 Å². The smallest absolute Gasteiger partial charge is 0.244 e. The highest BCUT2D eigenvalue weighted by atomic mass is 16.3. The van der Waals surface area contributed by atoms with Gasteiger partial charge in [0.05, 0.1) is 23.7 Å². The molecule has 0 saturated carbocycles. The Bertz CT molecular complexity index is 1220. The van der Waals surface area contributed by atoms with E-state index in [1.54, 1.807) is 12.2 Å². The van der Waals surface area contributed by atoms with Gasteiger partial charge < -0.3 is 26.2 Å². The quantitative estimate of drug-likeness (QED) is 0.308.